The molecule has 23 heavy (non-hydrogen) atoms. The quantitative estimate of drug-likeness (QED) is 0.789. The van der Waals surface area contributed by atoms with Crippen molar-refractivity contribution < 1.29 is 0 Å². The van der Waals surface area contributed by atoms with Gasteiger partial charge in [-0.05, 0) is 61.6 Å². The number of nitrogens with zero attached hydrogens (tertiary/aromatic N) is 1. The molecular weight excluding hydrogens is 302 g/mol. The number of rotatable bonds is 6. The summed E-state index contributed by atoms with van der Waals surface area (Å²) in [5.41, 5.74) is 4.92. The number of benzene rings is 2. The lowest BCUT2D eigenvalue weighted by Crippen LogP contribution is -2.28. The maximum absolute atomic E-state index is 5.41. The average Bonchev–Trinajstić information content (AvgIpc) is 2.53. The van der Waals surface area contributed by atoms with Gasteiger partial charge in [-0.1, -0.05) is 43.3 Å². The van der Waals surface area contributed by atoms with E-state index in [2.05, 4.69) is 79.0 Å². The Kier molecular flexibility index (Phi) is 6.56. The van der Waals surface area contributed by atoms with Crippen LogP contribution in [0.15, 0.2) is 48.5 Å². The maximum Gasteiger partial charge on any atom is 0.171 e. The van der Waals surface area contributed by atoms with Gasteiger partial charge in [-0.3, -0.25) is 0 Å². The molecule has 0 saturated heterocycles. The van der Waals surface area contributed by atoms with Crippen molar-refractivity contribution in [1.29, 1.82) is 0 Å². The molecule has 2 aromatic rings. The molecule has 4 heteroatoms. The first-order valence-corrected chi connectivity index (χ1v) is 8.34. The summed E-state index contributed by atoms with van der Waals surface area (Å²) in [5.74, 6) is 0. The van der Waals surface area contributed by atoms with Gasteiger partial charge in [-0.25, -0.2) is 0 Å². The first kappa shape index (κ1) is 17.4. The molecule has 0 fully saturated rings. The van der Waals surface area contributed by atoms with Gasteiger partial charge in [0.05, 0.1) is 0 Å². The molecular formula is C19H25N3S. The van der Waals surface area contributed by atoms with Crippen molar-refractivity contribution in [2.75, 3.05) is 19.4 Å². The Morgan fingerprint density at radius 1 is 1.04 bits per heavy atom. The molecule has 0 heterocycles. The van der Waals surface area contributed by atoms with Gasteiger partial charge in [0, 0.05) is 18.8 Å². The minimum absolute atomic E-state index is 0.651. The third-order valence-corrected chi connectivity index (χ3v) is 3.88. The van der Waals surface area contributed by atoms with Gasteiger partial charge in [0.25, 0.3) is 0 Å². The predicted molar refractivity (Wildman–Crippen MR) is 103 cm³/mol. The second kappa shape index (κ2) is 8.65. The minimum Gasteiger partial charge on any atom is -0.358 e. The molecule has 2 N–H and O–H groups in total. The van der Waals surface area contributed by atoms with E-state index in [4.69, 9.17) is 12.2 Å². The highest BCUT2D eigenvalue weighted by Crippen LogP contribution is 2.12. The van der Waals surface area contributed by atoms with Gasteiger partial charge in [0.2, 0.25) is 0 Å². The highest BCUT2D eigenvalue weighted by Gasteiger charge is 2.04. The van der Waals surface area contributed by atoms with Crippen molar-refractivity contribution in [3.8, 4) is 0 Å². The number of aryl methyl sites for hydroxylation is 1. The monoisotopic (exact) mass is 327 g/mol. The Morgan fingerprint density at radius 2 is 1.78 bits per heavy atom. The second-order valence-electron chi connectivity index (χ2n) is 5.87. The maximum atomic E-state index is 5.41. The number of hydrogen-bond donors (Lipinski definition) is 2. The van der Waals surface area contributed by atoms with Crippen molar-refractivity contribution >= 4 is 23.0 Å². The summed E-state index contributed by atoms with van der Waals surface area (Å²) in [4.78, 5) is 2.17. The van der Waals surface area contributed by atoms with E-state index in [0.29, 0.717) is 5.11 Å². The zero-order chi connectivity index (χ0) is 16.7. The molecule has 0 bridgehead atoms. The van der Waals surface area contributed by atoms with Crippen LogP contribution in [0.1, 0.15) is 23.6 Å². The summed E-state index contributed by atoms with van der Waals surface area (Å²) in [6, 6.07) is 16.8. The van der Waals surface area contributed by atoms with Crippen LogP contribution in [0, 0.1) is 0 Å². The van der Waals surface area contributed by atoms with Gasteiger partial charge >= 0.3 is 0 Å². The smallest absolute Gasteiger partial charge is 0.171 e. The van der Waals surface area contributed by atoms with Crippen LogP contribution in [0.2, 0.25) is 0 Å². The molecule has 0 aliphatic heterocycles. The molecule has 0 aliphatic carbocycles. The predicted octanol–water partition coefficient (Wildman–Crippen LogP) is 3.80. The topological polar surface area (TPSA) is 27.3 Å². The molecule has 0 radical (unpaired) electrons. The minimum atomic E-state index is 0.651. The average molecular weight is 327 g/mol. The largest absolute Gasteiger partial charge is 0.358 e. The number of hydrogen-bond acceptors (Lipinski definition) is 2. The highest BCUT2D eigenvalue weighted by molar-refractivity contribution is 7.80. The number of thiocarbonyl (C=S) groups is 1. The van der Waals surface area contributed by atoms with Crippen LogP contribution < -0.4 is 10.6 Å². The van der Waals surface area contributed by atoms with Crippen LogP contribution >= 0.6 is 12.2 Å². The van der Waals surface area contributed by atoms with E-state index < -0.39 is 0 Å². The Hall–Kier alpha value is -1.91. The fraction of sp³-hybridized carbons (Fsp3) is 0.316. The Morgan fingerprint density at radius 3 is 2.48 bits per heavy atom. The summed E-state index contributed by atoms with van der Waals surface area (Å²) in [7, 11) is 4.16. The van der Waals surface area contributed by atoms with Crippen molar-refractivity contribution in [2.24, 2.45) is 0 Å². The standard InChI is InChI=1S/C19H25N3S/c1-4-15-8-7-11-18(12-15)21-19(23)20-13-16-9-5-6-10-17(16)14-22(2)3/h5-12H,4,13-14H2,1-3H3,(H2,20,21,23). The van der Waals surface area contributed by atoms with Crippen LogP contribution in [-0.2, 0) is 19.5 Å². The Balaban J connectivity index is 1.94. The lowest BCUT2D eigenvalue weighted by molar-refractivity contribution is 0.401. The lowest BCUT2D eigenvalue weighted by atomic mass is 10.1. The SMILES string of the molecule is CCc1cccc(NC(=S)NCc2ccccc2CN(C)C)c1. The first-order valence-electron chi connectivity index (χ1n) is 7.93. The van der Waals surface area contributed by atoms with Crippen LogP contribution in [0.5, 0.6) is 0 Å². The fourth-order valence-electron chi connectivity index (χ4n) is 2.44. The number of anilines is 1. The molecule has 0 atom stereocenters. The summed E-state index contributed by atoms with van der Waals surface area (Å²) in [5, 5.41) is 7.21. The zero-order valence-corrected chi connectivity index (χ0v) is 14.9. The summed E-state index contributed by atoms with van der Waals surface area (Å²) in [6.07, 6.45) is 1.02. The van der Waals surface area contributed by atoms with Gasteiger partial charge in [0.15, 0.2) is 5.11 Å². The first-order chi connectivity index (χ1) is 11.1. The Labute approximate surface area is 144 Å². The molecule has 0 aliphatic rings. The van der Waals surface area contributed by atoms with Gasteiger partial charge in [-0.2, -0.15) is 0 Å². The number of nitrogens with one attached hydrogen (secondary N) is 2. The van der Waals surface area contributed by atoms with E-state index in [1.807, 2.05) is 6.07 Å². The van der Waals surface area contributed by atoms with Gasteiger partial charge < -0.3 is 15.5 Å². The van der Waals surface area contributed by atoms with Crippen LogP contribution in [-0.4, -0.2) is 24.1 Å². The molecule has 2 aromatic carbocycles. The fourth-order valence-corrected chi connectivity index (χ4v) is 2.63. The second-order valence-corrected chi connectivity index (χ2v) is 6.28. The van der Waals surface area contributed by atoms with Crippen LogP contribution in [0.4, 0.5) is 5.69 Å². The molecule has 0 unspecified atom stereocenters. The normalized spacial score (nSPS) is 10.6. The lowest BCUT2D eigenvalue weighted by Gasteiger charge is -2.16. The van der Waals surface area contributed by atoms with Crippen molar-refractivity contribution in [2.45, 2.75) is 26.4 Å². The molecule has 0 spiro atoms. The van der Waals surface area contributed by atoms with E-state index >= 15 is 0 Å². The summed E-state index contributed by atoms with van der Waals surface area (Å²) >= 11 is 5.41. The summed E-state index contributed by atoms with van der Waals surface area (Å²) in [6.45, 7) is 3.80. The zero-order valence-electron chi connectivity index (χ0n) is 14.1. The third kappa shape index (κ3) is 5.66. The van der Waals surface area contributed by atoms with Crippen LogP contribution in [0.3, 0.4) is 0 Å². The van der Waals surface area contributed by atoms with E-state index in [1.165, 1.54) is 16.7 Å². The summed E-state index contributed by atoms with van der Waals surface area (Å²) < 4.78 is 0. The van der Waals surface area contributed by atoms with Crippen molar-refractivity contribution in [1.82, 2.24) is 10.2 Å². The third-order valence-electron chi connectivity index (χ3n) is 3.64. The van der Waals surface area contributed by atoms with Gasteiger partial charge in [-0.15, -0.1) is 0 Å². The van der Waals surface area contributed by atoms with Crippen molar-refractivity contribution in [3.63, 3.8) is 0 Å². The van der Waals surface area contributed by atoms with E-state index in [0.717, 1.165) is 25.2 Å². The van der Waals surface area contributed by atoms with Gasteiger partial charge in [0.1, 0.15) is 0 Å². The van der Waals surface area contributed by atoms with E-state index in [9.17, 15) is 0 Å². The Bertz CT molecular complexity index is 653. The molecule has 0 aromatic heterocycles. The molecule has 122 valence electrons. The molecule has 0 amide bonds. The highest BCUT2D eigenvalue weighted by atomic mass is 32.1. The molecule has 2 rings (SSSR count). The van der Waals surface area contributed by atoms with Crippen molar-refractivity contribution in [3.05, 3.63) is 65.2 Å². The van der Waals surface area contributed by atoms with E-state index in [1.54, 1.807) is 0 Å². The van der Waals surface area contributed by atoms with E-state index in [-0.39, 0.29) is 0 Å². The molecule has 0 saturated carbocycles. The van der Waals surface area contributed by atoms with Crippen LogP contribution in [0.25, 0.3) is 0 Å². The molecule has 3 nitrogen and oxygen atoms in total.